The first-order valence-electron chi connectivity index (χ1n) is 14.2. The zero-order chi connectivity index (χ0) is 34.6. The number of aromatic nitrogens is 10. The van der Waals surface area contributed by atoms with Crippen LogP contribution in [0, 0.1) is 29.5 Å². The Morgan fingerprint density at radius 2 is 1.60 bits per heavy atom. The lowest BCUT2D eigenvalue weighted by molar-refractivity contribution is 0.0674. The molecule has 0 saturated heterocycles. The maximum absolute atomic E-state index is 15.0. The van der Waals surface area contributed by atoms with Gasteiger partial charge in [0.1, 0.15) is 11.4 Å². The average Bonchev–Trinajstić information content (AvgIpc) is 3.88. The van der Waals surface area contributed by atoms with Gasteiger partial charge in [-0.2, -0.15) is 9.78 Å². The van der Waals surface area contributed by atoms with Crippen LogP contribution in [0.1, 0.15) is 43.5 Å². The molecule has 3 aromatic carbocycles. The smallest absolute Gasteiger partial charge is 0.360 e. The Hall–Kier alpha value is -7.92. The average molecular weight is 669 g/mol. The van der Waals surface area contributed by atoms with Gasteiger partial charge in [-0.1, -0.05) is 50.5 Å². The molecule has 4 N–H and O–H groups in total. The number of ether oxygens (including phenoxy) is 2. The Morgan fingerprint density at radius 3 is 2.40 bits per heavy atom. The summed E-state index contributed by atoms with van der Waals surface area (Å²) in [5, 5.41) is 43.7. The molecule has 16 nitrogen and oxygen atoms in total. The van der Waals surface area contributed by atoms with Gasteiger partial charge in [-0.15, -0.1) is 0 Å². The first-order valence-corrected chi connectivity index (χ1v) is 14.2. The van der Waals surface area contributed by atoms with E-state index >= 15 is 4.39 Å². The minimum atomic E-state index is -1.45. The van der Waals surface area contributed by atoms with Crippen molar-refractivity contribution in [2.75, 3.05) is 0 Å². The summed E-state index contributed by atoms with van der Waals surface area (Å²) in [6.45, 7) is 0. The second-order valence-electron chi connectivity index (χ2n) is 10.0. The Labute approximate surface area is 278 Å². The van der Waals surface area contributed by atoms with Gasteiger partial charge in [0.2, 0.25) is 17.2 Å². The van der Waals surface area contributed by atoms with Crippen LogP contribution >= 0.6 is 0 Å². The number of carbonyl (C=O) groups is 2. The number of carboxylic acid groups (broad SMARTS) is 2. The van der Waals surface area contributed by atoms with Crippen molar-refractivity contribution in [1.82, 2.24) is 50.6 Å². The molecule has 0 amide bonds. The Morgan fingerprint density at radius 1 is 0.800 bits per heavy atom. The molecular weight excluding hydrogens is 651 g/mol. The molecule has 0 radical (unpaired) electrons. The zero-order valence-corrected chi connectivity index (χ0v) is 25.0. The van der Waals surface area contributed by atoms with Crippen LogP contribution in [0.3, 0.4) is 0 Å². The van der Waals surface area contributed by atoms with Crippen LogP contribution in [0.5, 0.6) is 23.3 Å². The van der Waals surface area contributed by atoms with Gasteiger partial charge in [-0.05, 0) is 54.5 Å². The Balaban J connectivity index is 1.06. The van der Waals surface area contributed by atoms with E-state index in [1.807, 2.05) is 18.2 Å². The van der Waals surface area contributed by atoms with Gasteiger partial charge in [0.25, 0.3) is 11.8 Å². The van der Waals surface area contributed by atoms with Gasteiger partial charge in [-0.3, -0.25) is 5.10 Å². The minimum absolute atomic E-state index is 0.0879. The van der Waals surface area contributed by atoms with E-state index in [4.69, 9.17) is 9.47 Å². The van der Waals surface area contributed by atoms with Crippen LogP contribution in [-0.4, -0.2) is 72.7 Å². The number of hydrogen-bond acceptors (Lipinski definition) is 11. The predicted molar refractivity (Wildman–Crippen MR) is 168 cm³/mol. The van der Waals surface area contributed by atoms with E-state index in [1.54, 1.807) is 30.5 Å². The van der Waals surface area contributed by atoms with Crippen molar-refractivity contribution in [3.63, 3.8) is 0 Å². The molecule has 0 aliphatic rings. The van der Waals surface area contributed by atoms with E-state index in [9.17, 15) is 19.8 Å². The van der Waals surface area contributed by atoms with Crippen molar-refractivity contribution in [2.45, 2.75) is 0 Å². The van der Waals surface area contributed by atoms with Gasteiger partial charge >= 0.3 is 11.9 Å². The summed E-state index contributed by atoms with van der Waals surface area (Å²) in [5.74, 6) is 7.38. The first-order chi connectivity index (χ1) is 24.3. The molecular formula is C33H17FN10O6. The molecule has 50 heavy (non-hydrogen) atoms. The summed E-state index contributed by atoms with van der Waals surface area (Å²) in [6.07, 6.45) is 4.21. The summed E-state index contributed by atoms with van der Waals surface area (Å²) in [4.78, 5) is 31.7. The van der Waals surface area contributed by atoms with Gasteiger partial charge in [0, 0.05) is 22.1 Å². The summed E-state index contributed by atoms with van der Waals surface area (Å²) in [5.41, 5.74) is 1.68. The molecule has 4 aromatic heterocycles. The van der Waals surface area contributed by atoms with Crippen molar-refractivity contribution in [3.8, 4) is 52.6 Å². The van der Waals surface area contributed by atoms with E-state index in [0.717, 1.165) is 21.7 Å². The number of fused-ring (bicyclic) bond motifs is 1. The first kappa shape index (κ1) is 30.7. The number of aromatic carboxylic acids is 2. The summed E-state index contributed by atoms with van der Waals surface area (Å²) < 4.78 is 27.0. The van der Waals surface area contributed by atoms with Gasteiger partial charge < -0.3 is 19.7 Å². The maximum atomic E-state index is 15.0. The summed E-state index contributed by atoms with van der Waals surface area (Å²) in [7, 11) is 0. The van der Waals surface area contributed by atoms with Crippen LogP contribution in [0.4, 0.5) is 4.39 Å². The number of nitrogens with zero attached hydrogens (tertiary/aromatic N) is 8. The van der Waals surface area contributed by atoms with Crippen molar-refractivity contribution >= 4 is 22.8 Å². The fourth-order valence-electron chi connectivity index (χ4n) is 4.48. The fourth-order valence-corrected chi connectivity index (χ4v) is 4.48. The van der Waals surface area contributed by atoms with Crippen molar-refractivity contribution in [3.05, 3.63) is 119 Å². The number of hydrogen-bond donors (Lipinski definition) is 4. The lowest BCUT2D eigenvalue weighted by Gasteiger charge is -2.06. The molecule has 0 saturated carbocycles. The molecule has 0 atom stereocenters. The van der Waals surface area contributed by atoms with Gasteiger partial charge in [-0.25, -0.2) is 29.0 Å². The standard InChI is InChI=1S/C33H17FN10O6/c34-24-14-19(7-10-20-4-2-6-25-23(20)17-37-38-25)8-11-26(24)50-31-29(33(47)48)44(43-41-31)21-15-35-27(36-16-21)12-9-18-3-1-5-22(13-18)49-30-28(32(45)46)39-42-40-30/h1-6,8,11,13-17H,(H,37,38)(H,45,46)(H,47,48)(H,39,40,42). The molecule has 7 aromatic rings. The van der Waals surface area contributed by atoms with Crippen molar-refractivity contribution in [2.24, 2.45) is 0 Å². The largest absolute Gasteiger partial charge is 0.476 e. The van der Waals surface area contributed by atoms with E-state index < -0.39 is 29.3 Å². The third kappa shape index (κ3) is 6.36. The monoisotopic (exact) mass is 668 g/mol. The molecule has 0 fully saturated rings. The second kappa shape index (κ2) is 13.1. The van der Waals surface area contributed by atoms with E-state index in [-0.39, 0.29) is 34.6 Å². The van der Waals surface area contributed by atoms with E-state index in [0.29, 0.717) is 16.7 Å². The topological polar surface area (TPSA) is 220 Å². The number of aromatic amines is 2. The highest BCUT2D eigenvalue weighted by molar-refractivity contribution is 5.89. The lowest BCUT2D eigenvalue weighted by atomic mass is 10.1. The highest BCUT2D eigenvalue weighted by atomic mass is 19.1. The fraction of sp³-hybridized carbons (Fsp3) is 0. The molecule has 0 aliphatic heterocycles. The van der Waals surface area contributed by atoms with Crippen molar-refractivity contribution < 1.29 is 33.7 Å². The summed E-state index contributed by atoms with van der Waals surface area (Å²) in [6, 6.07) is 15.9. The number of H-pyrrole nitrogens is 2. The van der Waals surface area contributed by atoms with Crippen LogP contribution in [-0.2, 0) is 0 Å². The van der Waals surface area contributed by atoms with Gasteiger partial charge in [0.05, 0.1) is 24.1 Å². The number of halogens is 1. The highest BCUT2D eigenvalue weighted by Gasteiger charge is 2.24. The minimum Gasteiger partial charge on any atom is -0.476 e. The number of carboxylic acids is 2. The molecule has 0 unspecified atom stereocenters. The third-order valence-corrected chi connectivity index (χ3v) is 6.79. The number of benzene rings is 3. The molecule has 0 spiro atoms. The van der Waals surface area contributed by atoms with E-state index in [1.165, 1.54) is 24.5 Å². The van der Waals surface area contributed by atoms with Gasteiger partial charge in [0.15, 0.2) is 11.6 Å². The molecule has 0 aliphatic carbocycles. The predicted octanol–water partition coefficient (Wildman–Crippen LogP) is 3.97. The third-order valence-electron chi connectivity index (χ3n) is 6.79. The number of nitrogens with one attached hydrogen (secondary N) is 2. The second-order valence-corrected chi connectivity index (χ2v) is 10.0. The van der Waals surface area contributed by atoms with Crippen LogP contribution in [0.25, 0.3) is 16.6 Å². The summed E-state index contributed by atoms with van der Waals surface area (Å²) >= 11 is 0. The molecule has 17 heteroatoms. The number of rotatable bonds is 7. The van der Waals surface area contributed by atoms with Crippen LogP contribution < -0.4 is 9.47 Å². The van der Waals surface area contributed by atoms with Crippen LogP contribution in [0.15, 0.2) is 79.3 Å². The van der Waals surface area contributed by atoms with Crippen LogP contribution in [0.2, 0.25) is 0 Å². The Kier molecular flexibility index (Phi) is 8.02. The zero-order valence-electron chi connectivity index (χ0n) is 25.0. The molecule has 0 bridgehead atoms. The molecule has 7 rings (SSSR count). The van der Waals surface area contributed by atoms with E-state index in [2.05, 4.69) is 69.6 Å². The molecule has 242 valence electrons. The lowest BCUT2D eigenvalue weighted by Crippen LogP contribution is -2.10. The van der Waals surface area contributed by atoms with Crippen molar-refractivity contribution in [1.29, 1.82) is 0 Å². The normalized spacial score (nSPS) is 10.5. The maximum Gasteiger partial charge on any atom is 0.360 e. The highest BCUT2D eigenvalue weighted by Crippen LogP contribution is 2.28. The quantitative estimate of drug-likeness (QED) is 0.177. The SMILES string of the molecule is O=C(O)c1[nH]nnc1Oc1cccc(C#Cc2ncc(-n3nnc(Oc4ccc(C#Cc5cccc6[nH]ncc56)cc4F)c3C(=O)O)cn2)c1. The molecule has 4 heterocycles. The Bertz CT molecular complexity index is 2560.